The Morgan fingerprint density at radius 3 is 2.75 bits per heavy atom. The van der Waals surface area contributed by atoms with Gasteiger partial charge < -0.3 is 10.5 Å². The molecule has 0 radical (unpaired) electrons. The van der Waals surface area contributed by atoms with E-state index in [2.05, 4.69) is 29.0 Å². The quantitative estimate of drug-likeness (QED) is 0.421. The molecular weight excluding hydrogens is 250 g/mol. The van der Waals surface area contributed by atoms with Crippen molar-refractivity contribution in [3.8, 4) is 0 Å². The number of nitrogens with two attached hydrogens (primary N) is 1. The largest absolute Gasteiger partial charge is 0.469 e. The number of allylic oxidation sites excluding steroid dienone is 4. The molecule has 0 amide bonds. The van der Waals surface area contributed by atoms with E-state index in [9.17, 15) is 4.79 Å². The van der Waals surface area contributed by atoms with Crippen molar-refractivity contribution in [1.29, 1.82) is 0 Å². The molecule has 112 valence electrons. The van der Waals surface area contributed by atoms with Gasteiger partial charge >= 0.3 is 5.97 Å². The minimum absolute atomic E-state index is 0.111. The highest BCUT2D eigenvalue weighted by atomic mass is 16.5. The number of rotatable bonds is 8. The second-order valence-electron chi connectivity index (χ2n) is 6.03. The van der Waals surface area contributed by atoms with Crippen LogP contribution in [0.3, 0.4) is 0 Å². The van der Waals surface area contributed by atoms with E-state index in [0.717, 1.165) is 55.9 Å². The summed E-state index contributed by atoms with van der Waals surface area (Å²) in [7, 11) is 1.44. The number of esters is 1. The first-order valence-electron chi connectivity index (χ1n) is 7.86. The third kappa shape index (κ3) is 3.72. The third-order valence-corrected chi connectivity index (χ3v) is 4.85. The number of carbonyl (C=O) groups is 1. The van der Waals surface area contributed by atoms with Crippen molar-refractivity contribution in [2.24, 2.45) is 29.4 Å². The maximum atomic E-state index is 11.0. The number of methoxy groups -OCH3 is 1. The van der Waals surface area contributed by atoms with Gasteiger partial charge in [0.25, 0.3) is 0 Å². The van der Waals surface area contributed by atoms with E-state index in [-0.39, 0.29) is 5.97 Å². The van der Waals surface area contributed by atoms with Gasteiger partial charge in [0.1, 0.15) is 0 Å². The summed E-state index contributed by atoms with van der Waals surface area (Å²) in [5, 5.41) is 0. The van der Waals surface area contributed by atoms with Gasteiger partial charge in [-0.15, -0.1) is 0 Å². The number of hydrogen-bond acceptors (Lipinski definition) is 3. The molecule has 0 saturated heterocycles. The molecule has 0 aliphatic heterocycles. The van der Waals surface area contributed by atoms with Gasteiger partial charge in [0.15, 0.2) is 0 Å². The van der Waals surface area contributed by atoms with Gasteiger partial charge in [-0.05, 0) is 62.3 Å². The Balaban J connectivity index is 1.70. The molecular formula is C17H27NO2. The van der Waals surface area contributed by atoms with E-state index in [0.29, 0.717) is 6.42 Å². The molecule has 20 heavy (non-hydrogen) atoms. The van der Waals surface area contributed by atoms with E-state index >= 15 is 0 Å². The second-order valence-corrected chi connectivity index (χ2v) is 6.03. The Labute approximate surface area is 122 Å². The standard InChI is InChI=1S/C17H27NO2/c1-20-17(19)7-5-3-2-4-6-15-13-8-9-14(12-13)16(15)10-11-18/h2,4,8-9,13-16H,3,5-7,10-12,18H2,1H3. The molecule has 0 heterocycles. The van der Waals surface area contributed by atoms with Gasteiger partial charge in [0, 0.05) is 6.42 Å². The van der Waals surface area contributed by atoms with Crippen molar-refractivity contribution in [3.05, 3.63) is 24.3 Å². The molecule has 2 bridgehead atoms. The molecule has 0 spiro atoms. The zero-order valence-electron chi connectivity index (χ0n) is 12.5. The van der Waals surface area contributed by atoms with E-state index < -0.39 is 0 Å². The van der Waals surface area contributed by atoms with Crippen molar-refractivity contribution in [1.82, 2.24) is 0 Å². The van der Waals surface area contributed by atoms with Gasteiger partial charge in [0.2, 0.25) is 0 Å². The fourth-order valence-corrected chi connectivity index (χ4v) is 3.83. The van der Waals surface area contributed by atoms with Crippen LogP contribution >= 0.6 is 0 Å². The molecule has 2 aliphatic carbocycles. The van der Waals surface area contributed by atoms with Gasteiger partial charge in [0.05, 0.1) is 7.11 Å². The highest BCUT2D eigenvalue weighted by Crippen LogP contribution is 2.50. The lowest BCUT2D eigenvalue weighted by Crippen LogP contribution is -2.22. The summed E-state index contributed by atoms with van der Waals surface area (Å²) in [6, 6.07) is 0. The smallest absolute Gasteiger partial charge is 0.305 e. The molecule has 3 nitrogen and oxygen atoms in total. The molecule has 1 saturated carbocycles. The fraction of sp³-hybridized carbons (Fsp3) is 0.706. The highest BCUT2D eigenvalue weighted by molar-refractivity contribution is 5.69. The van der Waals surface area contributed by atoms with Crippen LogP contribution in [0.15, 0.2) is 24.3 Å². The molecule has 1 fully saturated rings. The second kappa shape index (κ2) is 7.63. The van der Waals surface area contributed by atoms with Crippen LogP contribution in [0.1, 0.15) is 38.5 Å². The van der Waals surface area contributed by atoms with Crippen molar-refractivity contribution < 1.29 is 9.53 Å². The first kappa shape index (κ1) is 15.3. The number of ether oxygens (including phenoxy) is 1. The average molecular weight is 277 g/mol. The zero-order valence-corrected chi connectivity index (χ0v) is 12.5. The molecule has 4 unspecified atom stereocenters. The zero-order chi connectivity index (χ0) is 14.4. The predicted molar refractivity (Wildman–Crippen MR) is 81.0 cm³/mol. The van der Waals surface area contributed by atoms with E-state index in [1.807, 2.05) is 0 Å². The number of fused-ring (bicyclic) bond motifs is 2. The Morgan fingerprint density at radius 1 is 1.30 bits per heavy atom. The SMILES string of the molecule is COC(=O)CCCC=CCC1C2C=CC(C2)C1CCN. The third-order valence-electron chi connectivity index (χ3n) is 4.85. The molecule has 0 aromatic rings. The maximum absolute atomic E-state index is 11.0. The van der Waals surface area contributed by atoms with E-state index in [1.165, 1.54) is 13.5 Å². The molecule has 0 aromatic heterocycles. The summed E-state index contributed by atoms with van der Waals surface area (Å²) < 4.78 is 4.63. The number of unbranched alkanes of at least 4 members (excludes halogenated alkanes) is 1. The first-order valence-corrected chi connectivity index (χ1v) is 7.86. The van der Waals surface area contributed by atoms with Gasteiger partial charge in [-0.1, -0.05) is 24.3 Å². The van der Waals surface area contributed by atoms with Gasteiger partial charge in [-0.2, -0.15) is 0 Å². The highest BCUT2D eigenvalue weighted by Gasteiger charge is 2.42. The van der Waals surface area contributed by atoms with Crippen LogP contribution in [0.4, 0.5) is 0 Å². The summed E-state index contributed by atoms with van der Waals surface area (Å²) >= 11 is 0. The molecule has 2 aliphatic rings. The Morgan fingerprint density at radius 2 is 2.05 bits per heavy atom. The normalized spacial score (nSPS) is 31.3. The lowest BCUT2D eigenvalue weighted by molar-refractivity contribution is -0.140. The number of hydrogen-bond donors (Lipinski definition) is 1. The average Bonchev–Trinajstić information content (AvgIpc) is 3.05. The van der Waals surface area contributed by atoms with Crippen molar-refractivity contribution in [3.63, 3.8) is 0 Å². The summed E-state index contributed by atoms with van der Waals surface area (Å²) in [6.45, 7) is 0.807. The van der Waals surface area contributed by atoms with Crippen LogP contribution in [-0.2, 0) is 9.53 Å². The summed E-state index contributed by atoms with van der Waals surface area (Å²) in [5.41, 5.74) is 5.75. The van der Waals surface area contributed by atoms with Crippen molar-refractivity contribution in [2.45, 2.75) is 38.5 Å². The Kier molecular flexibility index (Phi) is 5.84. The minimum Gasteiger partial charge on any atom is -0.469 e. The monoisotopic (exact) mass is 277 g/mol. The van der Waals surface area contributed by atoms with Gasteiger partial charge in [-0.3, -0.25) is 4.79 Å². The predicted octanol–water partition coefficient (Wildman–Crippen LogP) is 3.06. The topological polar surface area (TPSA) is 52.3 Å². The van der Waals surface area contributed by atoms with Crippen LogP contribution in [0, 0.1) is 23.7 Å². The molecule has 0 aromatic carbocycles. The lowest BCUT2D eigenvalue weighted by Gasteiger charge is -2.26. The van der Waals surface area contributed by atoms with E-state index in [1.54, 1.807) is 0 Å². The lowest BCUT2D eigenvalue weighted by atomic mass is 9.79. The Bertz CT molecular complexity index is 375. The molecule has 2 N–H and O–H groups in total. The molecule has 2 rings (SSSR count). The maximum Gasteiger partial charge on any atom is 0.305 e. The molecule has 3 heteroatoms. The van der Waals surface area contributed by atoms with Crippen molar-refractivity contribution >= 4 is 5.97 Å². The van der Waals surface area contributed by atoms with Crippen LogP contribution in [-0.4, -0.2) is 19.6 Å². The fourth-order valence-electron chi connectivity index (χ4n) is 3.83. The molecule has 4 atom stereocenters. The number of carbonyl (C=O) groups excluding carboxylic acids is 1. The Hall–Kier alpha value is -1.09. The van der Waals surface area contributed by atoms with E-state index in [4.69, 9.17) is 5.73 Å². The van der Waals surface area contributed by atoms with Gasteiger partial charge in [-0.25, -0.2) is 0 Å². The summed E-state index contributed by atoms with van der Waals surface area (Å²) in [4.78, 5) is 11.0. The summed E-state index contributed by atoms with van der Waals surface area (Å²) in [6.07, 6.45) is 15.4. The first-order chi connectivity index (χ1) is 9.76. The van der Waals surface area contributed by atoms with Crippen molar-refractivity contribution in [2.75, 3.05) is 13.7 Å². The van der Waals surface area contributed by atoms with Crippen LogP contribution < -0.4 is 5.73 Å². The van der Waals surface area contributed by atoms with Crippen LogP contribution in [0.5, 0.6) is 0 Å². The minimum atomic E-state index is -0.111. The van der Waals surface area contributed by atoms with Crippen LogP contribution in [0.25, 0.3) is 0 Å². The summed E-state index contributed by atoms with van der Waals surface area (Å²) in [5.74, 6) is 3.01. The van der Waals surface area contributed by atoms with Crippen LogP contribution in [0.2, 0.25) is 0 Å².